The maximum absolute atomic E-state index is 12.4. The molecule has 0 bridgehead atoms. The van der Waals surface area contributed by atoms with E-state index in [1.54, 1.807) is 30.1 Å². The fraction of sp³-hybridized carbons (Fsp3) is 0.615. The minimum absolute atomic E-state index is 0.178. The van der Waals surface area contributed by atoms with Crippen molar-refractivity contribution in [3.05, 3.63) is 18.5 Å². The van der Waals surface area contributed by atoms with Gasteiger partial charge in [0.2, 0.25) is 5.91 Å². The minimum atomic E-state index is -0.924. The van der Waals surface area contributed by atoms with Crippen molar-refractivity contribution in [2.24, 2.45) is 5.92 Å². The lowest BCUT2D eigenvalue weighted by molar-refractivity contribution is -0.154. The van der Waals surface area contributed by atoms with Crippen LogP contribution < -0.4 is 0 Å². The normalized spacial score (nSPS) is 25.1. The van der Waals surface area contributed by atoms with Gasteiger partial charge in [-0.15, -0.1) is 0 Å². The summed E-state index contributed by atoms with van der Waals surface area (Å²) in [7, 11) is 0. The second kappa shape index (κ2) is 5.42. The van der Waals surface area contributed by atoms with E-state index in [0.29, 0.717) is 18.9 Å². The summed E-state index contributed by atoms with van der Waals surface area (Å²) in [5, 5.41) is 13.3. The molecule has 0 aliphatic carbocycles. The largest absolute Gasteiger partial charge is 0.480 e. The molecule has 1 amide bonds. The molecule has 1 N–H and O–H groups in total. The van der Waals surface area contributed by atoms with Gasteiger partial charge in [-0.3, -0.25) is 9.48 Å². The molecule has 0 aromatic carbocycles. The quantitative estimate of drug-likeness (QED) is 0.889. The Balaban J connectivity index is 2.14. The minimum Gasteiger partial charge on any atom is -0.480 e. The van der Waals surface area contributed by atoms with Crippen LogP contribution in [-0.4, -0.2) is 44.3 Å². The third kappa shape index (κ3) is 2.77. The van der Waals surface area contributed by atoms with Crippen LogP contribution in [-0.2, 0) is 9.59 Å². The number of rotatable bonds is 3. The van der Waals surface area contributed by atoms with Crippen LogP contribution >= 0.6 is 0 Å². The van der Waals surface area contributed by atoms with E-state index in [4.69, 9.17) is 0 Å². The van der Waals surface area contributed by atoms with Crippen molar-refractivity contribution in [2.75, 3.05) is 6.54 Å². The van der Waals surface area contributed by atoms with Crippen LogP contribution in [0.5, 0.6) is 0 Å². The van der Waals surface area contributed by atoms with E-state index in [1.807, 2.05) is 6.92 Å². The molecule has 2 heterocycles. The maximum atomic E-state index is 12.4. The molecule has 2 rings (SSSR count). The van der Waals surface area contributed by atoms with E-state index in [9.17, 15) is 14.7 Å². The van der Waals surface area contributed by atoms with Gasteiger partial charge in [-0.2, -0.15) is 5.10 Å². The van der Waals surface area contributed by atoms with Crippen LogP contribution in [0, 0.1) is 5.92 Å². The maximum Gasteiger partial charge on any atom is 0.326 e. The molecular formula is C13H19N3O3. The van der Waals surface area contributed by atoms with Crippen molar-refractivity contribution < 1.29 is 14.7 Å². The number of carboxylic acids is 1. The van der Waals surface area contributed by atoms with Crippen LogP contribution in [0.15, 0.2) is 18.5 Å². The molecule has 6 heteroatoms. The third-order valence-electron chi connectivity index (χ3n) is 3.71. The predicted octanol–water partition coefficient (Wildman–Crippen LogP) is 1.16. The van der Waals surface area contributed by atoms with Gasteiger partial charge >= 0.3 is 5.97 Å². The average molecular weight is 265 g/mol. The zero-order valence-corrected chi connectivity index (χ0v) is 11.2. The first-order valence-corrected chi connectivity index (χ1v) is 6.53. The highest BCUT2D eigenvalue weighted by Crippen LogP contribution is 2.25. The van der Waals surface area contributed by atoms with Gasteiger partial charge in [0.1, 0.15) is 12.1 Å². The fourth-order valence-electron chi connectivity index (χ4n) is 2.50. The van der Waals surface area contributed by atoms with Crippen LogP contribution in [0.3, 0.4) is 0 Å². The van der Waals surface area contributed by atoms with Gasteiger partial charge in [-0.25, -0.2) is 4.79 Å². The Bertz CT molecular complexity index is 458. The number of piperidine rings is 1. The van der Waals surface area contributed by atoms with Crippen LogP contribution in [0.1, 0.15) is 32.7 Å². The summed E-state index contributed by atoms with van der Waals surface area (Å²) < 4.78 is 1.55. The van der Waals surface area contributed by atoms with Gasteiger partial charge in [-0.1, -0.05) is 6.92 Å². The van der Waals surface area contributed by atoms with Crippen molar-refractivity contribution in [1.82, 2.24) is 14.7 Å². The number of likely N-dealkylation sites (tertiary alicyclic amines) is 1. The Morgan fingerprint density at radius 2 is 2.21 bits per heavy atom. The van der Waals surface area contributed by atoms with Gasteiger partial charge in [0.05, 0.1) is 0 Å². The number of carbonyl (C=O) groups excluding carboxylic acids is 1. The van der Waals surface area contributed by atoms with E-state index in [1.165, 1.54) is 4.90 Å². The predicted molar refractivity (Wildman–Crippen MR) is 68.5 cm³/mol. The standard InChI is InChI=1S/C13H19N3O3/c1-9-4-7-15(11(8-9)13(18)19)12(17)10(2)16-6-3-5-14-16/h3,5-6,9-11H,4,7-8H2,1-2H3,(H,18,19). The van der Waals surface area contributed by atoms with Crippen molar-refractivity contribution in [2.45, 2.75) is 38.8 Å². The van der Waals surface area contributed by atoms with Crippen LogP contribution in [0.4, 0.5) is 0 Å². The zero-order valence-electron chi connectivity index (χ0n) is 11.2. The lowest BCUT2D eigenvalue weighted by Gasteiger charge is -2.37. The number of hydrogen-bond donors (Lipinski definition) is 1. The second-order valence-corrected chi connectivity index (χ2v) is 5.18. The highest BCUT2D eigenvalue weighted by Gasteiger charge is 2.36. The van der Waals surface area contributed by atoms with Gasteiger partial charge in [-0.05, 0) is 31.7 Å². The van der Waals surface area contributed by atoms with Crippen molar-refractivity contribution in [3.63, 3.8) is 0 Å². The molecule has 0 radical (unpaired) electrons. The van der Waals surface area contributed by atoms with Crippen LogP contribution in [0.2, 0.25) is 0 Å². The van der Waals surface area contributed by atoms with Crippen molar-refractivity contribution in [3.8, 4) is 0 Å². The monoisotopic (exact) mass is 265 g/mol. The molecule has 1 aliphatic rings. The second-order valence-electron chi connectivity index (χ2n) is 5.18. The highest BCUT2D eigenvalue weighted by molar-refractivity contribution is 5.86. The Labute approximate surface area is 112 Å². The topological polar surface area (TPSA) is 75.4 Å². The Morgan fingerprint density at radius 1 is 1.47 bits per heavy atom. The molecular weight excluding hydrogens is 246 g/mol. The van der Waals surface area contributed by atoms with E-state index in [2.05, 4.69) is 5.10 Å². The molecule has 1 aromatic heterocycles. The van der Waals surface area contributed by atoms with E-state index in [0.717, 1.165) is 6.42 Å². The van der Waals surface area contributed by atoms with E-state index in [-0.39, 0.29) is 5.91 Å². The summed E-state index contributed by atoms with van der Waals surface area (Å²) in [5.41, 5.74) is 0. The van der Waals surface area contributed by atoms with E-state index >= 15 is 0 Å². The SMILES string of the molecule is CC1CCN(C(=O)C(C)n2cccn2)C(C(=O)O)C1. The summed E-state index contributed by atoms with van der Waals surface area (Å²) in [5.74, 6) is -0.763. The number of carboxylic acid groups (broad SMARTS) is 1. The lowest BCUT2D eigenvalue weighted by Crippen LogP contribution is -2.51. The molecule has 0 saturated carbocycles. The van der Waals surface area contributed by atoms with Crippen molar-refractivity contribution in [1.29, 1.82) is 0 Å². The summed E-state index contributed by atoms with van der Waals surface area (Å²) in [4.78, 5) is 25.2. The number of carbonyl (C=O) groups is 2. The molecule has 104 valence electrons. The number of aliphatic carboxylic acids is 1. The number of nitrogens with zero attached hydrogens (tertiary/aromatic N) is 3. The third-order valence-corrected chi connectivity index (χ3v) is 3.71. The summed E-state index contributed by atoms with van der Waals surface area (Å²) in [6.45, 7) is 4.27. The summed E-state index contributed by atoms with van der Waals surface area (Å²) in [6, 6.07) is 0.566. The lowest BCUT2D eigenvalue weighted by atomic mass is 9.92. The zero-order chi connectivity index (χ0) is 14.0. The molecule has 0 spiro atoms. The first-order valence-electron chi connectivity index (χ1n) is 6.53. The molecule has 1 aliphatic heterocycles. The van der Waals surface area contributed by atoms with E-state index < -0.39 is 18.1 Å². The molecule has 3 atom stereocenters. The summed E-state index contributed by atoms with van der Waals surface area (Å²) in [6.07, 6.45) is 4.69. The number of amides is 1. The molecule has 6 nitrogen and oxygen atoms in total. The molecule has 1 aromatic rings. The first-order chi connectivity index (χ1) is 9.00. The fourth-order valence-corrected chi connectivity index (χ4v) is 2.50. The number of aromatic nitrogens is 2. The molecule has 1 saturated heterocycles. The average Bonchev–Trinajstić information content (AvgIpc) is 2.90. The summed E-state index contributed by atoms with van der Waals surface area (Å²) >= 11 is 0. The van der Waals surface area contributed by atoms with Gasteiger partial charge in [0.15, 0.2) is 0 Å². The highest BCUT2D eigenvalue weighted by atomic mass is 16.4. The number of hydrogen-bond acceptors (Lipinski definition) is 3. The van der Waals surface area contributed by atoms with Gasteiger partial charge in [0.25, 0.3) is 0 Å². The van der Waals surface area contributed by atoms with Crippen LogP contribution in [0.25, 0.3) is 0 Å². The van der Waals surface area contributed by atoms with Gasteiger partial charge < -0.3 is 10.0 Å². The molecule has 19 heavy (non-hydrogen) atoms. The Morgan fingerprint density at radius 3 is 2.79 bits per heavy atom. The Kier molecular flexibility index (Phi) is 3.87. The smallest absolute Gasteiger partial charge is 0.326 e. The van der Waals surface area contributed by atoms with Gasteiger partial charge in [0, 0.05) is 18.9 Å². The van der Waals surface area contributed by atoms with Crippen molar-refractivity contribution >= 4 is 11.9 Å². The first kappa shape index (κ1) is 13.6. The molecule has 3 unspecified atom stereocenters. The Hall–Kier alpha value is -1.85. The molecule has 1 fully saturated rings.